The topological polar surface area (TPSA) is 29.0 Å². The maximum atomic E-state index is 6.07. The van der Waals surface area contributed by atoms with Crippen molar-refractivity contribution in [2.75, 3.05) is 11.9 Å². The first kappa shape index (κ1) is 16.7. The van der Waals surface area contributed by atoms with E-state index in [1.165, 1.54) is 5.56 Å². The van der Waals surface area contributed by atoms with Gasteiger partial charge in [-0.05, 0) is 47.7 Å². The summed E-state index contributed by atoms with van der Waals surface area (Å²) >= 11 is 7.77. The lowest BCUT2D eigenvalue weighted by molar-refractivity contribution is 0.927. The van der Waals surface area contributed by atoms with E-state index < -0.39 is 0 Å². The average molecular weight is 356 g/mol. The molecule has 0 atom stereocenters. The summed E-state index contributed by atoms with van der Waals surface area (Å²) in [5.41, 5.74) is 5.25. The van der Waals surface area contributed by atoms with E-state index in [0.29, 0.717) is 0 Å². The second-order valence-electron chi connectivity index (χ2n) is 5.66. The van der Waals surface area contributed by atoms with Crippen LogP contribution in [-0.2, 0) is 6.54 Å². The molecule has 0 aliphatic rings. The van der Waals surface area contributed by atoms with E-state index in [4.69, 9.17) is 11.6 Å². The largest absolute Gasteiger partial charge is 0.370 e. The first-order chi connectivity index (χ1) is 11.5. The van der Waals surface area contributed by atoms with Crippen molar-refractivity contribution in [2.45, 2.75) is 13.5 Å². The molecular formula is C19H18ClN3S. The second kappa shape index (κ2) is 7.16. The number of hydrogen-bond acceptors (Lipinski definition) is 4. The van der Waals surface area contributed by atoms with Crippen LogP contribution >= 0.6 is 22.9 Å². The molecule has 0 saturated carbocycles. The Balaban J connectivity index is 1.76. The quantitative estimate of drug-likeness (QED) is 0.630. The van der Waals surface area contributed by atoms with Crippen LogP contribution < -0.4 is 4.90 Å². The van der Waals surface area contributed by atoms with Crippen LogP contribution in [0.1, 0.15) is 21.7 Å². The van der Waals surface area contributed by atoms with Crippen LogP contribution in [0.15, 0.2) is 54.8 Å². The van der Waals surface area contributed by atoms with E-state index in [9.17, 15) is 0 Å². The van der Waals surface area contributed by atoms with Gasteiger partial charge in [-0.25, -0.2) is 9.97 Å². The molecule has 0 unspecified atom stereocenters. The van der Waals surface area contributed by atoms with Crippen molar-refractivity contribution in [1.29, 1.82) is 0 Å². The Hall–Kier alpha value is -2.17. The number of anilines is 1. The molecular weight excluding hydrogens is 338 g/mol. The maximum absolute atomic E-state index is 6.07. The minimum Gasteiger partial charge on any atom is -0.370 e. The van der Waals surface area contributed by atoms with Gasteiger partial charge in [0.05, 0.1) is 0 Å². The molecule has 24 heavy (non-hydrogen) atoms. The van der Waals surface area contributed by atoms with Gasteiger partial charge in [0.15, 0.2) is 0 Å². The molecule has 0 saturated heterocycles. The van der Waals surface area contributed by atoms with Crippen LogP contribution in [0.2, 0.25) is 5.02 Å². The van der Waals surface area contributed by atoms with Gasteiger partial charge in [-0.2, -0.15) is 0 Å². The first-order valence-electron chi connectivity index (χ1n) is 7.55. The van der Waals surface area contributed by atoms with Crippen molar-refractivity contribution in [1.82, 2.24) is 9.97 Å². The van der Waals surface area contributed by atoms with Crippen LogP contribution in [0.4, 0.5) is 5.69 Å². The molecule has 0 amide bonds. The van der Waals surface area contributed by atoms with E-state index in [1.54, 1.807) is 17.7 Å². The molecule has 3 rings (SSSR count). The summed E-state index contributed by atoms with van der Waals surface area (Å²) in [6, 6.07) is 10.1. The third kappa shape index (κ3) is 3.66. The number of thiophene rings is 1. The summed E-state index contributed by atoms with van der Waals surface area (Å²) in [5.74, 6) is 0. The average Bonchev–Trinajstić information content (AvgIpc) is 3.03. The Kier molecular flexibility index (Phi) is 4.97. The van der Waals surface area contributed by atoms with Gasteiger partial charge in [0, 0.05) is 46.6 Å². The van der Waals surface area contributed by atoms with E-state index >= 15 is 0 Å². The highest BCUT2D eigenvalue weighted by molar-refractivity contribution is 7.11. The molecule has 1 aromatic carbocycles. The molecule has 2 heterocycles. The Morgan fingerprint density at radius 1 is 1.33 bits per heavy atom. The molecule has 0 N–H and O–H groups in total. The zero-order valence-electron chi connectivity index (χ0n) is 13.7. The predicted molar refractivity (Wildman–Crippen MR) is 103 cm³/mol. The minimum atomic E-state index is 0.748. The van der Waals surface area contributed by atoms with Crippen LogP contribution in [-0.4, -0.2) is 17.0 Å². The summed E-state index contributed by atoms with van der Waals surface area (Å²) in [6.07, 6.45) is 3.38. The summed E-state index contributed by atoms with van der Waals surface area (Å²) in [4.78, 5) is 11.7. The number of nitrogens with zero attached hydrogens (tertiary/aromatic N) is 3. The second-order valence-corrected chi connectivity index (χ2v) is 7.00. The fourth-order valence-corrected chi connectivity index (χ4v) is 3.59. The maximum Gasteiger partial charge on any atom is 0.115 e. The van der Waals surface area contributed by atoms with Gasteiger partial charge in [-0.3, -0.25) is 0 Å². The third-order valence-electron chi connectivity index (χ3n) is 3.86. The molecule has 0 radical (unpaired) electrons. The van der Waals surface area contributed by atoms with Crippen molar-refractivity contribution < 1.29 is 0 Å². The fourth-order valence-electron chi connectivity index (χ4n) is 2.52. The van der Waals surface area contributed by atoms with Crippen LogP contribution in [0.3, 0.4) is 0 Å². The Morgan fingerprint density at radius 2 is 2.17 bits per heavy atom. The lowest BCUT2D eigenvalue weighted by Crippen LogP contribution is -2.15. The van der Waals surface area contributed by atoms with Gasteiger partial charge in [-0.15, -0.1) is 11.3 Å². The summed E-state index contributed by atoms with van der Waals surface area (Å²) in [6.45, 7) is 7.01. The fraction of sp³-hybridized carbons (Fsp3) is 0.158. The smallest absolute Gasteiger partial charge is 0.115 e. The first-order valence-corrected chi connectivity index (χ1v) is 8.80. The van der Waals surface area contributed by atoms with Gasteiger partial charge in [0.25, 0.3) is 0 Å². The number of rotatable bonds is 5. The zero-order chi connectivity index (χ0) is 17.1. The van der Waals surface area contributed by atoms with Gasteiger partial charge in [0.1, 0.15) is 6.33 Å². The summed E-state index contributed by atoms with van der Waals surface area (Å²) in [5, 5.41) is 2.92. The molecule has 2 aromatic heterocycles. The summed E-state index contributed by atoms with van der Waals surface area (Å²) in [7, 11) is 2.06. The highest BCUT2D eigenvalue weighted by Gasteiger charge is 2.11. The van der Waals surface area contributed by atoms with E-state index in [0.717, 1.165) is 39.0 Å². The van der Waals surface area contributed by atoms with Crippen molar-refractivity contribution >= 4 is 34.2 Å². The molecule has 0 fully saturated rings. The SMILES string of the molecule is C=C(c1cc(CN(C)c2cccc(Cl)c2)cs1)c1cncnc1C. The van der Waals surface area contributed by atoms with Crippen LogP contribution in [0, 0.1) is 6.92 Å². The monoisotopic (exact) mass is 355 g/mol. The van der Waals surface area contributed by atoms with Crippen LogP contribution in [0.5, 0.6) is 0 Å². The zero-order valence-corrected chi connectivity index (χ0v) is 15.2. The molecule has 3 aromatic rings. The van der Waals surface area contributed by atoms with Crippen molar-refractivity contribution in [3.05, 3.63) is 81.5 Å². The van der Waals surface area contributed by atoms with Gasteiger partial charge in [-0.1, -0.05) is 24.2 Å². The number of halogens is 1. The van der Waals surface area contributed by atoms with Crippen molar-refractivity contribution in [3.8, 4) is 0 Å². The standard InChI is InChI=1S/C19H18ClN3S/c1-13(18-9-21-12-22-14(18)2)19-7-15(11-24-19)10-23(3)17-6-4-5-16(20)8-17/h4-9,11-12H,1,10H2,2-3H3. The lowest BCUT2D eigenvalue weighted by atomic mass is 10.1. The Labute approximate surface area is 151 Å². The molecule has 0 bridgehead atoms. The number of hydrogen-bond donors (Lipinski definition) is 0. The normalized spacial score (nSPS) is 10.6. The molecule has 0 aliphatic heterocycles. The number of aryl methyl sites for hydroxylation is 1. The Morgan fingerprint density at radius 3 is 2.92 bits per heavy atom. The van der Waals surface area contributed by atoms with Crippen molar-refractivity contribution in [3.63, 3.8) is 0 Å². The Bertz CT molecular complexity index is 872. The van der Waals surface area contributed by atoms with Gasteiger partial charge < -0.3 is 4.90 Å². The highest BCUT2D eigenvalue weighted by atomic mass is 35.5. The van der Waals surface area contributed by atoms with E-state index in [1.807, 2.05) is 31.3 Å². The minimum absolute atomic E-state index is 0.748. The number of benzene rings is 1. The molecule has 122 valence electrons. The van der Waals surface area contributed by atoms with Crippen molar-refractivity contribution in [2.24, 2.45) is 0 Å². The van der Waals surface area contributed by atoms with Gasteiger partial charge in [0.2, 0.25) is 0 Å². The van der Waals surface area contributed by atoms with Gasteiger partial charge >= 0.3 is 0 Å². The predicted octanol–water partition coefficient (Wildman–Crippen LogP) is 5.20. The third-order valence-corrected chi connectivity index (χ3v) is 5.13. The summed E-state index contributed by atoms with van der Waals surface area (Å²) < 4.78 is 0. The molecule has 0 spiro atoms. The molecule has 5 heteroatoms. The molecule has 3 nitrogen and oxygen atoms in total. The highest BCUT2D eigenvalue weighted by Crippen LogP contribution is 2.29. The van der Waals surface area contributed by atoms with E-state index in [2.05, 4.69) is 46.0 Å². The van der Waals surface area contributed by atoms with Crippen LogP contribution in [0.25, 0.3) is 5.57 Å². The lowest BCUT2D eigenvalue weighted by Gasteiger charge is -2.18. The van der Waals surface area contributed by atoms with E-state index in [-0.39, 0.29) is 0 Å². The number of aromatic nitrogens is 2. The molecule has 0 aliphatic carbocycles.